The summed E-state index contributed by atoms with van der Waals surface area (Å²) in [6.07, 6.45) is -4.55. The molecule has 0 amide bonds. The molecule has 3 nitrogen and oxygen atoms in total. The molecular weight excluding hydrogens is 237 g/mol. The summed E-state index contributed by atoms with van der Waals surface area (Å²) in [7, 11) is 1.17. The normalized spacial score (nSPS) is 11.1. The second-order valence-electron chi connectivity index (χ2n) is 3.18. The van der Waals surface area contributed by atoms with Crippen LogP contribution in [0.2, 0.25) is 0 Å². The summed E-state index contributed by atoms with van der Waals surface area (Å²) in [5.74, 6) is -1.06. The van der Waals surface area contributed by atoms with E-state index >= 15 is 0 Å². The molecule has 0 aliphatic rings. The Morgan fingerprint density at radius 1 is 1.35 bits per heavy atom. The minimum atomic E-state index is -4.78. The molecule has 0 aliphatic heterocycles. The van der Waals surface area contributed by atoms with Crippen molar-refractivity contribution in [2.75, 3.05) is 7.11 Å². The first-order valence-corrected chi connectivity index (χ1v) is 4.85. The molecule has 0 atom stereocenters. The number of rotatable bonds is 3. The molecule has 0 heterocycles. The lowest BCUT2D eigenvalue weighted by molar-refractivity contribution is -0.274. The Labute approximate surface area is 96.1 Å². The number of carbonyl (C=O) groups excluding carboxylic acids is 1. The molecule has 0 aromatic heterocycles. The summed E-state index contributed by atoms with van der Waals surface area (Å²) < 4.78 is 44.7. The van der Waals surface area contributed by atoms with E-state index in [0.29, 0.717) is 0 Å². The lowest BCUT2D eigenvalue weighted by atomic mass is 10.0. The quantitative estimate of drug-likeness (QED) is 0.771. The molecule has 0 N–H and O–H groups in total. The number of carbonyl (C=O) groups is 1. The van der Waals surface area contributed by atoms with Gasteiger partial charge in [0.05, 0.1) is 12.7 Å². The van der Waals surface area contributed by atoms with Crippen molar-refractivity contribution in [1.29, 1.82) is 0 Å². The Bertz CT molecular complexity index is 413. The Hall–Kier alpha value is -1.72. The molecule has 0 fully saturated rings. The number of halogens is 3. The minimum Gasteiger partial charge on any atom is -0.465 e. The van der Waals surface area contributed by atoms with Crippen LogP contribution in [0, 0.1) is 0 Å². The van der Waals surface area contributed by atoms with Crippen molar-refractivity contribution < 1.29 is 27.4 Å². The van der Waals surface area contributed by atoms with E-state index in [2.05, 4.69) is 9.47 Å². The topological polar surface area (TPSA) is 35.5 Å². The summed E-state index contributed by atoms with van der Waals surface area (Å²) in [5.41, 5.74) is 0.258. The van der Waals surface area contributed by atoms with Crippen LogP contribution in [0.15, 0.2) is 18.2 Å². The first kappa shape index (κ1) is 13.3. The largest absolute Gasteiger partial charge is 0.573 e. The van der Waals surface area contributed by atoms with Crippen molar-refractivity contribution >= 4 is 5.97 Å². The first-order chi connectivity index (χ1) is 7.89. The van der Waals surface area contributed by atoms with E-state index in [4.69, 9.17) is 0 Å². The number of esters is 1. The lowest BCUT2D eigenvalue weighted by Gasteiger charge is -2.14. The molecule has 6 heteroatoms. The molecule has 0 unspecified atom stereocenters. The maximum atomic E-state index is 12.1. The third-order valence-corrected chi connectivity index (χ3v) is 2.12. The van der Waals surface area contributed by atoms with Gasteiger partial charge >= 0.3 is 12.3 Å². The molecule has 0 saturated carbocycles. The molecule has 0 spiro atoms. The van der Waals surface area contributed by atoms with Crippen molar-refractivity contribution in [3.05, 3.63) is 29.3 Å². The van der Waals surface area contributed by atoms with E-state index in [9.17, 15) is 18.0 Å². The van der Waals surface area contributed by atoms with Gasteiger partial charge in [-0.1, -0.05) is 13.0 Å². The van der Waals surface area contributed by atoms with Crippen molar-refractivity contribution in [2.24, 2.45) is 0 Å². The number of hydrogen-bond acceptors (Lipinski definition) is 3. The molecule has 1 rings (SSSR count). The van der Waals surface area contributed by atoms with E-state index in [-0.39, 0.29) is 23.3 Å². The molecular formula is C11H11F3O3. The van der Waals surface area contributed by atoms with Crippen molar-refractivity contribution in [1.82, 2.24) is 0 Å². The van der Waals surface area contributed by atoms with Gasteiger partial charge in [0.15, 0.2) is 0 Å². The van der Waals surface area contributed by atoms with Crippen LogP contribution >= 0.6 is 0 Å². The highest BCUT2D eigenvalue weighted by Gasteiger charge is 2.32. The molecule has 17 heavy (non-hydrogen) atoms. The zero-order valence-corrected chi connectivity index (χ0v) is 9.30. The van der Waals surface area contributed by atoms with Gasteiger partial charge in [-0.05, 0) is 18.6 Å². The van der Waals surface area contributed by atoms with Crippen LogP contribution in [0.4, 0.5) is 13.2 Å². The van der Waals surface area contributed by atoms with Crippen LogP contribution in [-0.2, 0) is 11.2 Å². The highest BCUT2D eigenvalue weighted by molar-refractivity contribution is 5.91. The van der Waals surface area contributed by atoms with Crippen LogP contribution in [0.5, 0.6) is 5.75 Å². The fourth-order valence-corrected chi connectivity index (χ4v) is 1.45. The van der Waals surface area contributed by atoms with Gasteiger partial charge in [-0.15, -0.1) is 13.2 Å². The first-order valence-electron chi connectivity index (χ1n) is 4.85. The van der Waals surface area contributed by atoms with Crippen LogP contribution in [-0.4, -0.2) is 19.4 Å². The van der Waals surface area contributed by atoms with E-state index in [0.717, 1.165) is 0 Å². The maximum Gasteiger partial charge on any atom is 0.573 e. The van der Waals surface area contributed by atoms with Gasteiger partial charge in [0.25, 0.3) is 0 Å². The van der Waals surface area contributed by atoms with E-state index in [1.165, 1.54) is 25.3 Å². The second-order valence-corrected chi connectivity index (χ2v) is 3.18. The van der Waals surface area contributed by atoms with Crippen molar-refractivity contribution in [2.45, 2.75) is 19.7 Å². The average Bonchev–Trinajstić information content (AvgIpc) is 2.25. The average molecular weight is 248 g/mol. The van der Waals surface area contributed by atoms with Gasteiger partial charge in [0.1, 0.15) is 5.75 Å². The molecule has 0 aliphatic carbocycles. The van der Waals surface area contributed by atoms with Crippen LogP contribution in [0.25, 0.3) is 0 Å². The lowest BCUT2D eigenvalue weighted by Crippen LogP contribution is -2.19. The summed E-state index contributed by atoms with van der Waals surface area (Å²) >= 11 is 0. The van der Waals surface area contributed by atoms with E-state index in [1.54, 1.807) is 6.92 Å². The van der Waals surface area contributed by atoms with Gasteiger partial charge in [-0.3, -0.25) is 0 Å². The van der Waals surface area contributed by atoms with Gasteiger partial charge in [0, 0.05) is 5.56 Å². The second kappa shape index (κ2) is 5.07. The SMILES string of the molecule is CCc1c(OC(F)(F)F)cccc1C(=O)OC. The summed E-state index contributed by atoms with van der Waals surface area (Å²) in [4.78, 5) is 11.4. The Morgan fingerprint density at radius 2 is 2.00 bits per heavy atom. The number of benzene rings is 1. The zero-order valence-electron chi connectivity index (χ0n) is 9.30. The predicted molar refractivity (Wildman–Crippen MR) is 53.8 cm³/mol. The fraction of sp³-hybridized carbons (Fsp3) is 0.364. The van der Waals surface area contributed by atoms with E-state index in [1.807, 2.05) is 0 Å². The number of alkyl halides is 3. The molecule has 0 bridgehead atoms. The van der Waals surface area contributed by atoms with Gasteiger partial charge in [-0.2, -0.15) is 0 Å². The maximum absolute atomic E-state index is 12.1. The van der Waals surface area contributed by atoms with Crippen LogP contribution in [0.1, 0.15) is 22.8 Å². The van der Waals surface area contributed by atoms with Gasteiger partial charge < -0.3 is 9.47 Å². The summed E-state index contributed by atoms with van der Waals surface area (Å²) in [6.45, 7) is 1.63. The number of ether oxygens (including phenoxy) is 2. The molecule has 0 radical (unpaired) electrons. The summed E-state index contributed by atoms with van der Waals surface area (Å²) in [5, 5.41) is 0. The molecule has 1 aromatic rings. The smallest absolute Gasteiger partial charge is 0.465 e. The van der Waals surface area contributed by atoms with E-state index < -0.39 is 12.3 Å². The minimum absolute atomic E-state index is 0.0803. The molecule has 94 valence electrons. The van der Waals surface area contributed by atoms with Crippen LogP contribution in [0.3, 0.4) is 0 Å². The monoisotopic (exact) mass is 248 g/mol. The van der Waals surface area contributed by atoms with Crippen molar-refractivity contribution in [3.63, 3.8) is 0 Å². The summed E-state index contributed by atoms with van der Waals surface area (Å²) in [6, 6.07) is 3.87. The van der Waals surface area contributed by atoms with Crippen molar-refractivity contribution in [3.8, 4) is 5.75 Å². The highest BCUT2D eigenvalue weighted by atomic mass is 19.4. The van der Waals surface area contributed by atoms with Crippen LogP contribution < -0.4 is 4.74 Å². The zero-order chi connectivity index (χ0) is 13.1. The Morgan fingerprint density at radius 3 is 2.47 bits per heavy atom. The third-order valence-electron chi connectivity index (χ3n) is 2.12. The number of methoxy groups -OCH3 is 1. The highest BCUT2D eigenvalue weighted by Crippen LogP contribution is 2.29. The molecule has 0 saturated heterocycles. The Kier molecular flexibility index (Phi) is 3.98. The van der Waals surface area contributed by atoms with Gasteiger partial charge in [0.2, 0.25) is 0 Å². The molecule has 1 aromatic carbocycles. The van der Waals surface area contributed by atoms with Gasteiger partial charge in [-0.25, -0.2) is 4.79 Å². The third kappa shape index (κ3) is 3.37. The fourth-order valence-electron chi connectivity index (χ4n) is 1.45. The Balaban J connectivity index is 3.19. The number of hydrogen-bond donors (Lipinski definition) is 0. The standard InChI is InChI=1S/C11H11F3O3/c1-3-7-8(10(15)16-2)5-4-6-9(7)17-11(12,13)14/h4-6H,3H2,1-2H3. The predicted octanol–water partition coefficient (Wildman–Crippen LogP) is 2.93.